The maximum atomic E-state index is 14.4. The van der Waals surface area contributed by atoms with Gasteiger partial charge in [-0.1, -0.05) is 6.58 Å². The van der Waals surface area contributed by atoms with E-state index in [0.29, 0.717) is 29.3 Å². The lowest BCUT2D eigenvalue weighted by Crippen LogP contribution is -2.22. The Labute approximate surface area is 165 Å². The van der Waals surface area contributed by atoms with Gasteiger partial charge in [-0.2, -0.15) is 10.1 Å². The molecule has 0 radical (unpaired) electrons. The summed E-state index contributed by atoms with van der Waals surface area (Å²) in [5, 5.41) is 7.26. The van der Waals surface area contributed by atoms with Gasteiger partial charge in [0.05, 0.1) is 12.8 Å². The second-order valence-electron chi connectivity index (χ2n) is 6.89. The molecule has 2 aromatic heterocycles. The lowest BCUT2D eigenvalue weighted by molar-refractivity contribution is 0.257. The first-order valence-electron chi connectivity index (χ1n) is 9.61. The third-order valence-electron chi connectivity index (χ3n) is 4.94. The summed E-state index contributed by atoms with van der Waals surface area (Å²) in [6, 6.07) is 6.59. The van der Waals surface area contributed by atoms with Crippen LogP contribution in [0.1, 0.15) is 20.7 Å². The average Bonchev–Trinajstić information content (AvgIpc) is 3.36. The van der Waals surface area contributed by atoms with Crippen LogP contribution in [0.2, 0.25) is 0 Å². The summed E-state index contributed by atoms with van der Waals surface area (Å²) >= 11 is 0. The molecule has 0 amide bonds. The lowest BCUT2D eigenvalue weighted by atomic mass is 10.1. The van der Waals surface area contributed by atoms with Gasteiger partial charge in [0.1, 0.15) is 5.82 Å². The van der Waals surface area contributed by atoms with Gasteiger partial charge in [0, 0.05) is 37.0 Å². The highest BCUT2D eigenvalue weighted by molar-refractivity contribution is 5.79. The van der Waals surface area contributed by atoms with Crippen molar-refractivity contribution in [2.75, 3.05) is 31.6 Å². The summed E-state index contributed by atoms with van der Waals surface area (Å²) in [5.41, 5.74) is 2.36. The van der Waals surface area contributed by atoms with E-state index in [-0.39, 0.29) is 7.24 Å². The Morgan fingerprint density at radius 2 is 2.11 bits per heavy atom. The van der Waals surface area contributed by atoms with Crippen molar-refractivity contribution in [2.45, 2.75) is 19.3 Å². The Bertz CT molecular complexity index is 971. The van der Waals surface area contributed by atoms with Crippen molar-refractivity contribution in [1.82, 2.24) is 19.5 Å². The van der Waals surface area contributed by atoms with E-state index in [4.69, 9.17) is 4.74 Å². The van der Waals surface area contributed by atoms with E-state index in [1.807, 2.05) is 0 Å². The van der Waals surface area contributed by atoms with Crippen molar-refractivity contribution in [3.63, 3.8) is 0 Å². The van der Waals surface area contributed by atoms with Gasteiger partial charge in [-0.25, -0.2) is 8.91 Å². The van der Waals surface area contributed by atoms with Gasteiger partial charge >= 0.3 is 0 Å². The van der Waals surface area contributed by atoms with Gasteiger partial charge in [0.2, 0.25) is 5.88 Å². The molecule has 1 aliphatic rings. The molecular formula is C21H26FN5O. The summed E-state index contributed by atoms with van der Waals surface area (Å²) in [6.45, 7) is 7.68. The Morgan fingerprint density at radius 3 is 2.93 bits per heavy atom. The molecule has 1 aromatic carbocycles. The number of aromatic nitrogens is 3. The number of ether oxygens (including phenoxy) is 1. The highest BCUT2D eigenvalue weighted by atomic mass is 19.1. The molecule has 0 unspecified atom stereocenters. The van der Waals surface area contributed by atoms with Crippen molar-refractivity contribution in [3.8, 4) is 17.0 Å². The smallest absolute Gasteiger partial charge is 0.216 e. The van der Waals surface area contributed by atoms with Crippen LogP contribution in [-0.4, -0.2) is 45.7 Å². The maximum Gasteiger partial charge on any atom is 0.216 e. The Kier molecular flexibility index (Phi) is 5.53. The van der Waals surface area contributed by atoms with Gasteiger partial charge < -0.3 is 15.0 Å². The molecule has 0 saturated carbocycles. The number of anilines is 1. The molecule has 0 aliphatic carbocycles. The quantitative estimate of drug-likeness (QED) is 0.591. The van der Waals surface area contributed by atoms with Crippen molar-refractivity contribution in [2.24, 2.45) is 0 Å². The molecular weight excluding hydrogens is 357 g/mol. The van der Waals surface area contributed by atoms with E-state index in [1.54, 1.807) is 41.3 Å². The second kappa shape index (κ2) is 8.39. The molecule has 28 heavy (non-hydrogen) atoms. The van der Waals surface area contributed by atoms with E-state index >= 15 is 0 Å². The van der Waals surface area contributed by atoms with Gasteiger partial charge in [0.15, 0.2) is 5.65 Å². The predicted molar refractivity (Wildman–Crippen MR) is 110 cm³/mol. The van der Waals surface area contributed by atoms with Gasteiger partial charge in [-0.05, 0) is 56.8 Å². The Balaban J connectivity index is 0.00000240. The number of benzene rings is 1. The molecule has 148 valence electrons. The molecule has 3 aromatic rings. The molecule has 0 spiro atoms. The third-order valence-corrected chi connectivity index (χ3v) is 4.94. The fraction of sp³-hybridized carbons (Fsp3) is 0.333. The topological polar surface area (TPSA) is 54.7 Å². The minimum Gasteiger partial charge on any atom is -0.478 e. The van der Waals surface area contributed by atoms with Crippen LogP contribution in [0.3, 0.4) is 0 Å². The zero-order chi connectivity index (χ0) is 19.3. The zero-order valence-electron chi connectivity index (χ0n) is 15.8. The lowest BCUT2D eigenvalue weighted by Gasteiger charge is -2.14. The van der Waals surface area contributed by atoms with E-state index in [9.17, 15) is 4.39 Å². The number of fused-ring (bicyclic) bond motifs is 1. The molecule has 3 heterocycles. The fourth-order valence-electron chi connectivity index (χ4n) is 3.53. The largest absolute Gasteiger partial charge is 0.478 e. The predicted octanol–water partition coefficient (Wildman–Crippen LogP) is 4.20. The first-order valence-corrected chi connectivity index (χ1v) is 9.61. The van der Waals surface area contributed by atoms with Crippen LogP contribution in [0.25, 0.3) is 16.8 Å². The van der Waals surface area contributed by atoms with E-state index < -0.39 is 0 Å². The molecule has 1 N–H and O–H groups in total. The van der Waals surface area contributed by atoms with Gasteiger partial charge in [-0.15, -0.1) is 0 Å². The summed E-state index contributed by atoms with van der Waals surface area (Å²) in [6.07, 6.45) is 8.51. The maximum absolute atomic E-state index is 14.4. The van der Waals surface area contributed by atoms with E-state index in [0.717, 1.165) is 18.7 Å². The standard InChI is InChI=1S/C21H24FN5O.H2/c1-2-23-16-6-7-19(22)17(14-16)18-15-24-27-12-8-20(25-21(18)27)28-13-5-11-26-9-3-4-10-26;/h2,6-8,12,14-15,23H,1,3-5,9-11,13H2;1H. The third kappa shape index (κ3) is 3.99. The molecule has 0 atom stereocenters. The monoisotopic (exact) mass is 383 g/mol. The number of hydrogen-bond acceptors (Lipinski definition) is 5. The zero-order valence-corrected chi connectivity index (χ0v) is 15.8. The molecule has 6 nitrogen and oxygen atoms in total. The second-order valence-corrected chi connectivity index (χ2v) is 6.89. The highest BCUT2D eigenvalue weighted by Gasteiger charge is 2.14. The van der Waals surface area contributed by atoms with Crippen molar-refractivity contribution in [1.29, 1.82) is 0 Å². The minimum absolute atomic E-state index is 0. The number of halogens is 1. The van der Waals surface area contributed by atoms with Crippen LogP contribution in [0, 0.1) is 5.82 Å². The number of likely N-dealkylation sites (tertiary alicyclic amines) is 1. The SMILES string of the molecule is C=CNc1ccc(F)c(-c2cnn3ccc(OCCCN4CCCC4)nc23)c1.[HH]. The average molecular weight is 383 g/mol. The van der Waals surface area contributed by atoms with Crippen LogP contribution < -0.4 is 10.1 Å². The van der Waals surface area contributed by atoms with Crippen molar-refractivity contribution >= 4 is 11.3 Å². The minimum atomic E-state index is -0.330. The van der Waals surface area contributed by atoms with Gasteiger partial charge in [-0.3, -0.25) is 0 Å². The van der Waals surface area contributed by atoms with Crippen LogP contribution >= 0.6 is 0 Å². The molecule has 7 heteroatoms. The van der Waals surface area contributed by atoms with E-state index in [2.05, 4.69) is 26.9 Å². The number of rotatable bonds is 8. The Hall–Kier alpha value is -2.93. The first kappa shape index (κ1) is 18.4. The molecule has 1 saturated heterocycles. The highest BCUT2D eigenvalue weighted by Crippen LogP contribution is 2.29. The molecule has 1 fully saturated rings. The van der Waals surface area contributed by atoms with E-state index in [1.165, 1.54) is 32.0 Å². The number of nitrogens with one attached hydrogen (secondary N) is 1. The summed E-state index contributed by atoms with van der Waals surface area (Å²) < 4.78 is 21.9. The van der Waals surface area contributed by atoms with Crippen LogP contribution in [0.5, 0.6) is 5.88 Å². The fourth-order valence-corrected chi connectivity index (χ4v) is 3.53. The van der Waals surface area contributed by atoms with Gasteiger partial charge in [0.25, 0.3) is 0 Å². The van der Waals surface area contributed by atoms with Crippen LogP contribution in [0.4, 0.5) is 10.1 Å². The summed E-state index contributed by atoms with van der Waals surface area (Å²) in [5.74, 6) is 0.194. The van der Waals surface area contributed by atoms with Crippen molar-refractivity contribution < 1.29 is 10.6 Å². The Morgan fingerprint density at radius 1 is 1.25 bits per heavy atom. The summed E-state index contributed by atoms with van der Waals surface area (Å²) in [4.78, 5) is 7.02. The summed E-state index contributed by atoms with van der Waals surface area (Å²) in [7, 11) is 0. The van der Waals surface area contributed by atoms with Crippen LogP contribution in [0.15, 0.2) is 49.4 Å². The number of nitrogens with zero attached hydrogens (tertiary/aromatic N) is 4. The normalized spacial score (nSPS) is 14.5. The van der Waals surface area contributed by atoms with Crippen LogP contribution in [-0.2, 0) is 0 Å². The first-order chi connectivity index (χ1) is 13.7. The molecule has 0 bridgehead atoms. The number of hydrogen-bond donors (Lipinski definition) is 1. The molecule has 4 rings (SSSR count). The molecule has 1 aliphatic heterocycles. The van der Waals surface area contributed by atoms with Crippen molar-refractivity contribution in [3.05, 3.63) is 55.3 Å².